The van der Waals surface area contributed by atoms with Crippen LogP contribution in [0.1, 0.15) is 41.1 Å². The van der Waals surface area contributed by atoms with Gasteiger partial charge in [-0.3, -0.25) is 0 Å². The summed E-state index contributed by atoms with van der Waals surface area (Å²) in [5.41, 5.74) is 4.41. The van der Waals surface area contributed by atoms with Crippen molar-refractivity contribution in [1.82, 2.24) is 14.9 Å². The SMILES string of the molecule is Cn1ccnc1SC[C@H]1C[C@@H](c2ccc(CO)cc2)O[C@@H](c2ccc(CNC(=O)Nc3ccc(Oc4ccccc4)cc3)cc2)O1. The highest BCUT2D eigenvalue weighted by atomic mass is 32.2. The molecule has 0 bridgehead atoms. The molecule has 4 aromatic carbocycles. The van der Waals surface area contributed by atoms with Gasteiger partial charge in [0, 0.05) is 49.4 Å². The number of carbonyl (C=O) groups is 1. The molecule has 9 nitrogen and oxygen atoms in total. The van der Waals surface area contributed by atoms with E-state index in [-0.39, 0.29) is 24.8 Å². The zero-order chi connectivity index (χ0) is 31.7. The van der Waals surface area contributed by atoms with E-state index in [1.807, 2.05) is 109 Å². The summed E-state index contributed by atoms with van der Waals surface area (Å²) >= 11 is 1.66. The van der Waals surface area contributed by atoms with Gasteiger partial charge in [0.05, 0.1) is 18.8 Å². The van der Waals surface area contributed by atoms with Crippen LogP contribution >= 0.6 is 11.8 Å². The van der Waals surface area contributed by atoms with Crippen molar-refractivity contribution < 1.29 is 24.1 Å². The number of nitrogens with one attached hydrogen (secondary N) is 2. The highest BCUT2D eigenvalue weighted by molar-refractivity contribution is 7.99. The number of thioether (sulfide) groups is 1. The summed E-state index contributed by atoms with van der Waals surface area (Å²) in [6.07, 6.45) is 3.64. The lowest BCUT2D eigenvalue weighted by Gasteiger charge is -2.36. The quantitative estimate of drug-likeness (QED) is 0.130. The molecule has 1 saturated heterocycles. The summed E-state index contributed by atoms with van der Waals surface area (Å²) in [4.78, 5) is 17.0. The number of nitrogens with zero attached hydrogens (tertiary/aromatic N) is 2. The van der Waals surface area contributed by atoms with Crippen LogP contribution in [0.5, 0.6) is 11.5 Å². The summed E-state index contributed by atoms with van der Waals surface area (Å²) in [5.74, 6) is 2.17. The van der Waals surface area contributed by atoms with Crippen molar-refractivity contribution in [3.05, 3.63) is 138 Å². The van der Waals surface area contributed by atoms with Gasteiger partial charge in [0.1, 0.15) is 11.5 Å². The Balaban J connectivity index is 1.05. The van der Waals surface area contributed by atoms with Crippen molar-refractivity contribution in [2.24, 2.45) is 7.05 Å². The lowest BCUT2D eigenvalue weighted by Crippen LogP contribution is -2.31. The Bertz CT molecular complexity index is 1700. The largest absolute Gasteiger partial charge is 0.457 e. The van der Waals surface area contributed by atoms with Crippen LogP contribution in [0.15, 0.2) is 121 Å². The molecule has 2 heterocycles. The van der Waals surface area contributed by atoms with Crippen molar-refractivity contribution in [1.29, 1.82) is 0 Å². The zero-order valence-electron chi connectivity index (χ0n) is 25.4. The van der Waals surface area contributed by atoms with Crippen LogP contribution in [0.25, 0.3) is 0 Å². The standard InChI is InChI=1S/C36H36N4O5S/c1-40-20-19-37-36(40)46-24-32-21-33(27-11-9-26(23-41)10-12-27)45-34(44-32)28-13-7-25(8-14-28)22-38-35(42)39-29-15-17-31(18-16-29)43-30-5-3-2-4-6-30/h2-20,32-34,41H,21-24H2,1H3,(H2,38,39,42)/t32-,33+,34+/m1/s1. The van der Waals surface area contributed by atoms with E-state index in [1.165, 1.54) is 0 Å². The molecule has 236 valence electrons. The van der Waals surface area contributed by atoms with Gasteiger partial charge < -0.3 is 34.5 Å². The number of carbonyl (C=O) groups excluding carboxylic acids is 1. The number of para-hydroxylation sites is 1. The average Bonchev–Trinajstić information content (AvgIpc) is 3.52. The number of imidazole rings is 1. The van der Waals surface area contributed by atoms with Crippen LogP contribution in [0.2, 0.25) is 0 Å². The van der Waals surface area contributed by atoms with Crippen LogP contribution in [-0.2, 0) is 29.7 Å². The molecule has 10 heteroatoms. The first-order valence-electron chi connectivity index (χ1n) is 15.1. The number of ether oxygens (including phenoxy) is 3. The first-order valence-corrected chi connectivity index (χ1v) is 16.1. The summed E-state index contributed by atoms with van der Waals surface area (Å²) < 4.78 is 20.7. The van der Waals surface area contributed by atoms with Gasteiger partial charge in [0.2, 0.25) is 0 Å². The van der Waals surface area contributed by atoms with E-state index in [4.69, 9.17) is 14.2 Å². The summed E-state index contributed by atoms with van der Waals surface area (Å²) in [6.45, 7) is 0.359. The van der Waals surface area contributed by atoms with Crippen molar-refractivity contribution >= 4 is 23.5 Å². The fourth-order valence-corrected chi connectivity index (χ4v) is 6.01. The molecule has 1 aromatic heterocycles. The second kappa shape index (κ2) is 15.1. The van der Waals surface area contributed by atoms with Crippen molar-refractivity contribution in [2.45, 2.75) is 43.2 Å². The normalized spacial score (nSPS) is 17.7. The number of amides is 2. The maximum atomic E-state index is 12.6. The van der Waals surface area contributed by atoms with Crippen LogP contribution in [0.3, 0.4) is 0 Å². The first-order chi connectivity index (χ1) is 22.5. The van der Waals surface area contributed by atoms with Crippen LogP contribution in [-0.4, -0.2) is 32.5 Å². The molecule has 46 heavy (non-hydrogen) atoms. The van der Waals surface area contributed by atoms with Crippen molar-refractivity contribution in [3.63, 3.8) is 0 Å². The van der Waals surface area contributed by atoms with Gasteiger partial charge in [-0.15, -0.1) is 0 Å². The maximum Gasteiger partial charge on any atom is 0.319 e. The van der Waals surface area contributed by atoms with Crippen molar-refractivity contribution in [2.75, 3.05) is 11.1 Å². The minimum Gasteiger partial charge on any atom is -0.457 e. The number of rotatable bonds is 11. The van der Waals surface area contributed by atoms with Gasteiger partial charge >= 0.3 is 6.03 Å². The van der Waals surface area contributed by atoms with Crippen LogP contribution < -0.4 is 15.4 Å². The minimum absolute atomic E-state index is 0.00104. The molecule has 2 amide bonds. The lowest BCUT2D eigenvalue weighted by molar-refractivity contribution is -0.245. The number of hydrogen-bond donors (Lipinski definition) is 3. The number of hydrogen-bond acceptors (Lipinski definition) is 7. The predicted octanol–water partition coefficient (Wildman–Crippen LogP) is 7.36. The number of urea groups is 1. The molecule has 0 radical (unpaired) electrons. The van der Waals surface area contributed by atoms with Crippen LogP contribution in [0, 0.1) is 0 Å². The third kappa shape index (κ3) is 8.35. The van der Waals surface area contributed by atoms with E-state index in [9.17, 15) is 9.90 Å². The van der Waals surface area contributed by atoms with E-state index in [2.05, 4.69) is 15.6 Å². The number of benzene rings is 4. The number of aryl methyl sites for hydroxylation is 1. The second-order valence-electron chi connectivity index (χ2n) is 11.0. The van der Waals surface area contributed by atoms with E-state index in [1.54, 1.807) is 30.1 Å². The van der Waals surface area contributed by atoms with Gasteiger partial charge in [-0.05, 0) is 53.1 Å². The minimum atomic E-state index is -0.553. The molecular formula is C36H36N4O5S. The molecule has 3 N–H and O–H groups in total. The Labute approximate surface area is 272 Å². The monoisotopic (exact) mass is 636 g/mol. The molecule has 0 spiro atoms. The van der Waals surface area contributed by atoms with Gasteiger partial charge in [-0.2, -0.15) is 0 Å². The van der Waals surface area contributed by atoms with E-state index in [0.717, 1.165) is 38.9 Å². The van der Waals surface area contributed by atoms with Gasteiger partial charge in [-0.25, -0.2) is 9.78 Å². The maximum absolute atomic E-state index is 12.6. The highest BCUT2D eigenvalue weighted by Crippen LogP contribution is 2.39. The van der Waals surface area contributed by atoms with Crippen molar-refractivity contribution in [3.8, 4) is 11.5 Å². The Morgan fingerprint density at radius 2 is 1.61 bits per heavy atom. The van der Waals surface area contributed by atoms with E-state index < -0.39 is 6.29 Å². The summed E-state index contributed by atoms with van der Waals surface area (Å²) in [5, 5.41) is 16.2. The third-order valence-corrected chi connectivity index (χ3v) is 8.78. The molecule has 3 atom stereocenters. The summed E-state index contributed by atoms with van der Waals surface area (Å²) in [7, 11) is 1.98. The average molecular weight is 637 g/mol. The Hall–Kier alpha value is -4.61. The number of aliphatic hydroxyl groups is 1. The topological polar surface area (TPSA) is 107 Å². The lowest BCUT2D eigenvalue weighted by atomic mass is 10.0. The van der Waals surface area contributed by atoms with Gasteiger partial charge in [0.25, 0.3) is 0 Å². The molecular weight excluding hydrogens is 600 g/mol. The Morgan fingerprint density at radius 1 is 0.913 bits per heavy atom. The molecule has 5 aromatic rings. The molecule has 0 aliphatic carbocycles. The third-order valence-electron chi connectivity index (χ3n) is 7.59. The molecule has 1 aliphatic heterocycles. The molecule has 1 aliphatic rings. The van der Waals surface area contributed by atoms with Gasteiger partial charge in [-0.1, -0.05) is 78.5 Å². The second-order valence-corrected chi connectivity index (χ2v) is 12.0. The molecule has 0 saturated carbocycles. The fourth-order valence-electron chi connectivity index (χ4n) is 5.06. The Morgan fingerprint density at radius 3 is 2.30 bits per heavy atom. The predicted molar refractivity (Wildman–Crippen MR) is 178 cm³/mol. The number of aromatic nitrogens is 2. The number of aliphatic hydroxyl groups excluding tert-OH is 1. The van der Waals surface area contributed by atoms with E-state index >= 15 is 0 Å². The molecule has 6 rings (SSSR count). The van der Waals surface area contributed by atoms with Crippen LogP contribution in [0.4, 0.5) is 10.5 Å². The number of anilines is 1. The smallest absolute Gasteiger partial charge is 0.319 e. The molecule has 1 fully saturated rings. The highest BCUT2D eigenvalue weighted by Gasteiger charge is 2.32. The van der Waals surface area contributed by atoms with Gasteiger partial charge in [0.15, 0.2) is 11.4 Å². The Kier molecular flexibility index (Phi) is 10.3. The zero-order valence-corrected chi connectivity index (χ0v) is 26.2. The molecule has 0 unspecified atom stereocenters. The first kappa shape index (κ1) is 31.4. The van der Waals surface area contributed by atoms with E-state index in [0.29, 0.717) is 24.4 Å². The fraction of sp³-hybridized carbons (Fsp3) is 0.222. The summed E-state index contributed by atoms with van der Waals surface area (Å²) in [6, 6.07) is 32.2.